The lowest BCUT2D eigenvalue weighted by molar-refractivity contribution is 1.20. The number of hydrogen-bond donors (Lipinski definition) is 0. The largest absolute Gasteiger partial charge is 0.209 e. The molecule has 0 saturated heterocycles. The quantitative estimate of drug-likeness (QED) is 0.694. The summed E-state index contributed by atoms with van der Waals surface area (Å²) in [5.74, 6) is 0. The number of halogens is 1. The summed E-state index contributed by atoms with van der Waals surface area (Å²) in [4.78, 5) is 0. The van der Waals surface area contributed by atoms with Crippen molar-refractivity contribution in [3.8, 4) is 0 Å². The van der Waals surface area contributed by atoms with Crippen molar-refractivity contribution < 1.29 is 0 Å². The predicted octanol–water partition coefficient (Wildman–Crippen LogP) is 3.76. The molecular formula is C12H10Br-. The zero-order chi connectivity index (χ0) is 9.10. The molecular weight excluding hydrogens is 224 g/mol. The van der Waals surface area contributed by atoms with Gasteiger partial charge in [-0.2, -0.15) is 17.7 Å². The standard InChI is InChI=1S/C12H10Br/c13-12-8-4-7-11(12)9-10-5-2-1-3-6-10/h1-8H,9H2/q-1. The highest BCUT2D eigenvalue weighted by atomic mass is 79.9. The summed E-state index contributed by atoms with van der Waals surface area (Å²) in [5, 5.41) is 0. The molecule has 0 N–H and O–H groups in total. The summed E-state index contributed by atoms with van der Waals surface area (Å²) in [5.41, 5.74) is 2.71. The smallest absolute Gasteiger partial charge is 0.0561 e. The maximum atomic E-state index is 3.52. The molecule has 0 atom stereocenters. The molecule has 2 rings (SSSR count). The average molecular weight is 234 g/mol. The molecule has 0 unspecified atom stereocenters. The van der Waals surface area contributed by atoms with Crippen LogP contribution in [0.3, 0.4) is 0 Å². The Kier molecular flexibility index (Phi) is 2.55. The number of hydrogen-bond acceptors (Lipinski definition) is 0. The van der Waals surface area contributed by atoms with Gasteiger partial charge >= 0.3 is 0 Å². The Hall–Kier alpha value is -0.950. The molecule has 0 amide bonds. The van der Waals surface area contributed by atoms with Crippen molar-refractivity contribution >= 4 is 15.9 Å². The molecule has 0 saturated carbocycles. The molecule has 0 radical (unpaired) electrons. The molecule has 0 spiro atoms. The van der Waals surface area contributed by atoms with E-state index in [4.69, 9.17) is 0 Å². The fourth-order valence-corrected chi connectivity index (χ4v) is 1.82. The van der Waals surface area contributed by atoms with Gasteiger partial charge in [0.05, 0.1) is 0 Å². The van der Waals surface area contributed by atoms with Crippen molar-refractivity contribution in [3.63, 3.8) is 0 Å². The van der Waals surface area contributed by atoms with Gasteiger partial charge in [-0.25, -0.2) is 6.07 Å². The van der Waals surface area contributed by atoms with Gasteiger partial charge < -0.3 is 0 Å². The normalized spacial score (nSPS) is 10.2. The van der Waals surface area contributed by atoms with Crippen LogP contribution >= 0.6 is 15.9 Å². The van der Waals surface area contributed by atoms with Gasteiger partial charge in [0, 0.05) is 0 Å². The van der Waals surface area contributed by atoms with E-state index in [1.165, 1.54) is 15.6 Å². The first kappa shape index (κ1) is 8.64. The summed E-state index contributed by atoms with van der Waals surface area (Å²) in [7, 11) is 0. The third-order valence-corrected chi connectivity index (χ3v) is 2.86. The van der Waals surface area contributed by atoms with E-state index in [1.807, 2.05) is 6.07 Å². The Labute approximate surface area is 86.7 Å². The molecule has 13 heavy (non-hydrogen) atoms. The lowest BCUT2D eigenvalue weighted by atomic mass is 10.1. The molecule has 2 aromatic carbocycles. The second-order valence-electron chi connectivity index (χ2n) is 3.06. The van der Waals surface area contributed by atoms with Crippen LogP contribution in [0.2, 0.25) is 0 Å². The summed E-state index contributed by atoms with van der Waals surface area (Å²) in [6.07, 6.45) is 1.01. The predicted molar refractivity (Wildman–Crippen MR) is 59.0 cm³/mol. The zero-order valence-electron chi connectivity index (χ0n) is 7.20. The first-order chi connectivity index (χ1) is 6.36. The van der Waals surface area contributed by atoms with E-state index >= 15 is 0 Å². The monoisotopic (exact) mass is 233 g/mol. The Morgan fingerprint density at radius 2 is 1.85 bits per heavy atom. The Balaban J connectivity index is 2.20. The van der Waals surface area contributed by atoms with Gasteiger partial charge in [0.2, 0.25) is 0 Å². The third-order valence-electron chi connectivity index (χ3n) is 2.08. The van der Waals surface area contributed by atoms with Crippen molar-refractivity contribution in [1.29, 1.82) is 0 Å². The summed E-state index contributed by atoms with van der Waals surface area (Å²) >= 11 is 3.52. The van der Waals surface area contributed by atoms with Crippen LogP contribution in [0.4, 0.5) is 0 Å². The van der Waals surface area contributed by atoms with E-state index in [9.17, 15) is 0 Å². The second-order valence-corrected chi connectivity index (χ2v) is 3.92. The summed E-state index contributed by atoms with van der Waals surface area (Å²) in [6.45, 7) is 0. The second kappa shape index (κ2) is 3.84. The van der Waals surface area contributed by atoms with Crippen molar-refractivity contribution in [1.82, 2.24) is 0 Å². The minimum Gasteiger partial charge on any atom is -0.209 e. The molecule has 2 aromatic rings. The van der Waals surface area contributed by atoms with Gasteiger partial charge in [-0.3, -0.25) is 0 Å². The molecule has 66 valence electrons. The molecule has 0 bridgehead atoms. The van der Waals surface area contributed by atoms with Gasteiger partial charge in [-0.05, 0) is 0 Å². The maximum absolute atomic E-state index is 3.52. The van der Waals surface area contributed by atoms with Crippen LogP contribution in [-0.2, 0) is 6.42 Å². The number of benzene rings is 1. The Morgan fingerprint density at radius 3 is 2.46 bits per heavy atom. The van der Waals surface area contributed by atoms with Crippen molar-refractivity contribution in [3.05, 3.63) is 64.1 Å². The lowest BCUT2D eigenvalue weighted by Crippen LogP contribution is -1.84. The lowest BCUT2D eigenvalue weighted by Gasteiger charge is -2.06. The van der Waals surface area contributed by atoms with Gasteiger partial charge in [0.1, 0.15) is 0 Å². The zero-order valence-corrected chi connectivity index (χ0v) is 8.79. The SMILES string of the molecule is Brc1[cH-]ccc1Cc1ccccc1. The molecule has 0 aliphatic heterocycles. The highest BCUT2D eigenvalue weighted by Crippen LogP contribution is 2.20. The van der Waals surface area contributed by atoms with Crippen molar-refractivity contribution in [2.75, 3.05) is 0 Å². The molecule has 0 aliphatic rings. The molecule has 0 aliphatic carbocycles. The van der Waals surface area contributed by atoms with E-state index in [1.54, 1.807) is 0 Å². The van der Waals surface area contributed by atoms with Crippen molar-refractivity contribution in [2.24, 2.45) is 0 Å². The maximum Gasteiger partial charge on any atom is -0.0561 e. The molecule has 1 heteroatoms. The molecule has 0 nitrogen and oxygen atoms in total. The average Bonchev–Trinajstić information content (AvgIpc) is 2.54. The fraction of sp³-hybridized carbons (Fsp3) is 0.0833. The van der Waals surface area contributed by atoms with Gasteiger partial charge in [-0.1, -0.05) is 62.7 Å². The first-order valence-corrected chi connectivity index (χ1v) is 5.09. The Morgan fingerprint density at radius 1 is 1.08 bits per heavy atom. The molecule has 0 fully saturated rings. The molecule has 0 heterocycles. The highest BCUT2D eigenvalue weighted by Gasteiger charge is 1.91. The summed E-state index contributed by atoms with van der Waals surface area (Å²) in [6, 6.07) is 16.8. The number of rotatable bonds is 2. The van der Waals surface area contributed by atoms with Crippen LogP contribution < -0.4 is 0 Å². The van der Waals surface area contributed by atoms with Crippen LogP contribution in [0.1, 0.15) is 11.1 Å². The fourth-order valence-electron chi connectivity index (χ4n) is 1.39. The third kappa shape index (κ3) is 2.04. The first-order valence-electron chi connectivity index (χ1n) is 4.30. The van der Waals surface area contributed by atoms with Gasteiger partial charge in [-0.15, -0.1) is 0 Å². The van der Waals surface area contributed by atoms with Crippen LogP contribution in [0.5, 0.6) is 0 Å². The highest BCUT2D eigenvalue weighted by molar-refractivity contribution is 9.10. The summed E-state index contributed by atoms with van der Waals surface area (Å²) < 4.78 is 1.20. The Bertz CT molecular complexity index is 373. The van der Waals surface area contributed by atoms with Crippen LogP contribution in [0.15, 0.2) is 53.0 Å². The van der Waals surface area contributed by atoms with E-state index in [-0.39, 0.29) is 0 Å². The van der Waals surface area contributed by atoms with Gasteiger partial charge in [0.15, 0.2) is 0 Å². The van der Waals surface area contributed by atoms with Gasteiger partial charge in [0.25, 0.3) is 0 Å². The minimum absolute atomic E-state index is 1.01. The van der Waals surface area contributed by atoms with Crippen LogP contribution in [-0.4, -0.2) is 0 Å². The van der Waals surface area contributed by atoms with E-state index < -0.39 is 0 Å². The van der Waals surface area contributed by atoms with Crippen molar-refractivity contribution in [2.45, 2.75) is 6.42 Å². The van der Waals surface area contributed by atoms with E-state index in [2.05, 4.69) is 58.4 Å². The molecule has 0 aromatic heterocycles. The van der Waals surface area contributed by atoms with E-state index in [0.717, 1.165) is 6.42 Å². The minimum atomic E-state index is 1.01. The topological polar surface area (TPSA) is 0 Å². The van der Waals surface area contributed by atoms with Crippen LogP contribution in [0, 0.1) is 0 Å². The van der Waals surface area contributed by atoms with E-state index in [0.29, 0.717) is 0 Å². The van der Waals surface area contributed by atoms with Crippen LogP contribution in [0.25, 0.3) is 0 Å².